The van der Waals surface area contributed by atoms with Crippen LogP contribution in [0.25, 0.3) is 0 Å². The molecule has 2 aromatic rings. The number of aliphatic hydroxyl groups is 1. The molecule has 0 saturated heterocycles. The molecule has 5 nitrogen and oxygen atoms in total. The molecule has 0 saturated carbocycles. The smallest absolute Gasteiger partial charge is 0.269 e. The van der Waals surface area contributed by atoms with Crippen LogP contribution < -0.4 is 5.32 Å². The van der Waals surface area contributed by atoms with Crippen LogP contribution in [0.5, 0.6) is 0 Å². The van der Waals surface area contributed by atoms with Crippen LogP contribution in [0, 0.1) is 22.9 Å². The van der Waals surface area contributed by atoms with Gasteiger partial charge < -0.3 is 10.4 Å². The van der Waals surface area contributed by atoms with Gasteiger partial charge in [0.2, 0.25) is 0 Å². The Balaban J connectivity index is 2.06. The van der Waals surface area contributed by atoms with Crippen molar-refractivity contribution in [2.24, 2.45) is 0 Å². The number of nitrogens with zero attached hydrogens (tertiary/aromatic N) is 1. The van der Waals surface area contributed by atoms with Gasteiger partial charge in [-0.3, -0.25) is 10.1 Å². The number of benzene rings is 2. The van der Waals surface area contributed by atoms with E-state index in [-0.39, 0.29) is 17.8 Å². The monoisotopic (exact) mass is 290 g/mol. The highest BCUT2D eigenvalue weighted by Crippen LogP contribution is 2.23. The summed E-state index contributed by atoms with van der Waals surface area (Å²) in [6.45, 7) is 1.84. The zero-order chi connectivity index (χ0) is 15.4. The van der Waals surface area contributed by atoms with Crippen molar-refractivity contribution < 1.29 is 14.4 Å². The van der Waals surface area contributed by atoms with E-state index in [2.05, 4.69) is 5.32 Å². The summed E-state index contributed by atoms with van der Waals surface area (Å²) in [6, 6.07) is 10.4. The molecule has 0 amide bonds. The van der Waals surface area contributed by atoms with Gasteiger partial charge >= 0.3 is 0 Å². The number of anilines is 1. The van der Waals surface area contributed by atoms with Crippen molar-refractivity contribution in [2.45, 2.75) is 13.0 Å². The van der Waals surface area contributed by atoms with Crippen molar-refractivity contribution in [3.8, 4) is 0 Å². The van der Waals surface area contributed by atoms with Gasteiger partial charge in [-0.2, -0.15) is 0 Å². The number of non-ortho nitro benzene ring substituents is 1. The zero-order valence-electron chi connectivity index (χ0n) is 11.4. The lowest BCUT2D eigenvalue weighted by Gasteiger charge is -2.15. The third kappa shape index (κ3) is 3.55. The van der Waals surface area contributed by atoms with E-state index in [4.69, 9.17) is 0 Å². The molecule has 2 rings (SSSR count). The lowest BCUT2D eigenvalue weighted by atomic mass is 10.1. The predicted molar refractivity (Wildman–Crippen MR) is 77.7 cm³/mol. The van der Waals surface area contributed by atoms with Crippen LogP contribution in [0.4, 0.5) is 15.8 Å². The van der Waals surface area contributed by atoms with E-state index in [1.165, 1.54) is 24.3 Å². The molecule has 0 aromatic heterocycles. The summed E-state index contributed by atoms with van der Waals surface area (Å²) in [5.74, 6) is -0.466. The molecule has 1 unspecified atom stereocenters. The summed E-state index contributed by atoms with van der Waals surface area (Å²) in [5.41, 5.74) is 1.57. The second-order valence-corrected chi connectivity index (χ2v) is 4.67. The lowest BCUT2D eigenvalue weighted by molar-refractivity contribution is -0.384. The highest BCUT2D eigenvalue weighted by Gasteiger charge is 2.13. The second-order valence-electron chi connectivity index (χ2n) is 4.67. The fourth-order valence-corrected chi connectivity index (χ4v) is 2.02. The Morgan fingerprint density at radius 1 is 1.33 bits per heavy atom. The van der Waals surface area contributed by atoms with E-state index >= 15 is 0 Å². The molecule has 0 spiro atoms. The average Bonchev–Trinajstić information content (AvgIpc) is 2.46. The summed E-state index contributed by atoms with van der Waals surface area (Å²) >= 11 is 0. The summed E-state index contributed by atoms with van der Waals surface area (Å²) in [7, 11) is 0. The van der Waals surface area contributed by atoms with E-state index in [0.717, 1.165) is 0 Å². The van der Waals surface area contributed by atoms with Gasteiger partial charge in [-0.25, -0.2) is 4.39 Å². The fourth-order valence-electron chi connectivity index (χ4n) is 2.02. The molecule has 0 heterocycles. The van der Waals surface area contributed by atoms with Gasteiger partial charge in [-0.1, -0.05) is 18.2 Å². The van der Waals surface area contributed by atoms with Gasteiger partial charge in [0.15, 0.2) is 0 Å². The maximum atomic E-state index is 13.5. The fraction of sp³-hybridized carbons (Fsp3) is 0.200. The third-order valence-corrected chi connectivity index (χ3v) is 3.17. The quantitative estimate of drug-likeness (QED) is 0.655. The Morgan fingerprint density at radius 2 is 2.05 bits per heavy atom. The molecular formula is C15H15FN2O3. The first-order chi connectivity index (χ1) is 9.99. The molecule has 2 aromatic carbocycles. The first-order valence-electron chi connectivity index (χ1n) is 6.40. The summed E-state index contributed by atoms with van der Waals surface area (Å²) in [4.78, 5) is 10.2. The first-order valence-corrected chi connectivity index (χ1v) is 6.40. The Bertz CT molecular complexity index is 661. The average molecular weight is 290 g/mol. The highest BCUT2D eigenvalue weighted by atomic mass is 19.1. The molecule has 6 heteroatoms. The van der Waals surface area contributed by atoms with E-state index in [0.29, 0.717) is 11.3 Å². The molecule has 0 aliphatic carbocycles. The number of hydrogen-bond donors (Lipinski definition) is 2. The maximum absolute atomic E-state index is 13.5. The van der Waals surface area contributed by atoms with Crippen molar-refractivity contribution in [1.29, 1.82) is 0 Å². The normalized spacial score (nSPS) is 12.0. The summed E-state index contributed by atoms with van der Waals surface area (Å²) in [5, 5.41) is 23.6. The number of nitrogens with one attached hydrogen (secondary N) is 1. The van der Waals surface area contributed by atoms with Crippen LogP contribution in [0.1, 0.15) is 17.2 Å². The lowest BCUT2D eigenvalue weighted by Crippen LogP contribution is -2.14. The van der Waals surface area contributed by atoms with Crippen molar-refractivity contribution in [1.82, 2.24) is 0 Å². The number of nitro groups is 1. The second kappa shape index (κ2) is 6.32. The van der Waals surface area contributed by atoms with Crippen LogP contribution in [-0.4, -0.2) is 16.6 Å². The largest absolute Gasteiger partial charge is 0.386 e. The maximum Gasteiger partial charge on any atom is 0.269 e. The molecular weight excluding hydrogens is 275 g/mol. The van der Waals surface area contributed by atoms with E-state index in [1.54, 1.807) is 25.1 Å². The molecule has 21 heavy (non-hydrogen) atoms. The SMILES string of the molecule is Cc1cc([N+](=O)[O-])ccc1NCC(O)c1ccccc1F. The van der Waals surface area contributed by atoms with Crippen molar-refractivity contribution in [2.75, 3.05) is 11.9 Å². The highest BCUT2D eigenvalue weighted by molar-refractivity contribution is 5.55. The number of nitro benzene ring substituents is 1. The minimum atomic E-state index is -0.999. The molecule has 1 atom stereocenters. The van der Waals surface area contributed by atoms with Gasteiger partial charge in [0, 0.05) is 29.9 Å². The van der Waals surface area contributed by atoms with Crippen molar-refractivity contribution in [3.05, 3.63) is 69.5 Å². The van der Waals surface area contributed by atoms with E-state index in [9.17, 15) is 19.6 Å². The third-order valence-electron chi connectivity index (χ3n) is 3.17. The summed E-state index contributed by atoms with van der Waals surface area (Å²) < 4.78 is 13.5. The van der Waals surface area contributed by atoms with Crippen molar-refractivity contribution >= 4 is 11.4 Å². The van der Waals surface area contributed by atoms with Gasteiger partial charge in [-0.05, 0) is 24.6 Å². The van der Waals surface area contributed by atoms with Crippen LogP contribution in [0.2, 0.25) is 0 Å². The topological polar surface area (TPSA) is 75.4 Å². The molecule has 0 fully saturated rings. The molecule has 0 aliphatic rings. The standard InChI is InChI=1S/C15H15FN2O3/c1-10-8-11(18(20)21)6-7-14(10)17-9-15(19)12-4-2-3-5-13(12)16/h2-8,15,17,19H,9H2,1H3. The predicted octanol–water partition coefficient (Wildman–Crippen LogP) is 3.19. The molecule has 0 bridgehead atoms. The number of hydrogen-bond acceptors (Lipinski definition) is 4. The Kier molecular flexibility index (Phi) is 4.49. The Morgan fingerprint density at radius 3 is 2.67 bits per heavy atom. The number of halogens is 1. The van der Waals surface area contributed by atoms with Crippen molar-refractivity contribution in [3.63, 3.8) is 0 Å². The van der Waals surface area contributed by atoms with Crippen LogP contribution >= 0.6 is 0 Å². The van der Waals surface area contributed by atoms with E-state index in [1.807, 2.05) is 0 Å². The minimum absolute atomic E-state index is 0.00713. The zero-order valence-corrected chi connectivity index (χ0v) is 11.4. The van der Waals surface area contributed by atoms with Crippen LogP contribution in [0.15, 0.2) is 42.5 Å². The molecule has 110 valence electrons. The number of aliphatic hydroxyl groups excluding tert-OH is 1. The van der Waals surface area contributed by atoms with Crippen LogP contribution in [0.3, 0.4) is 0 Å². The molecule has 2 N–H and O–H groups in total. The van der Waals surface area contributed by atoms with Gasteiger partial charge in [0.05, 0.1) is 11.0 Å². The summed E-state index contributed by atoms with van der Waals surface area (Å²) in [6.07, 6.45) is -0.999. The Labute approximate surface area is 121 Å². The minimum Gasteiger partial charge on any atom is -0.386 e. The van der Waals surface area contributed by atoms with Crippen LogP contribution in [-0.2, 0) is 0 Å². The van der Waals surface area contributed by atoms with E-state index < -0.39 is 16.8 Å². The van der Waals surface area contributed by atoms with Gasteiger partial charge in [-0.15, -0.1) is 0 Å². The molecule has 0 radical (unpaired) electrons. The first kappa shape index (κ1) is 14.9. The molecule has 0 aliphatic heterocycles. The number of rotatable bonds is 5. The van der Waals surface area contributed by atoms with Gasteiger partial charge in [0.1, 0.15) is 5.82 Å². The Hall–Kier alpha value is -2.47. The van der Waals surface area contributed by atoms with Gasteiger partial charge in [0.25, 0.3) is 5.69 Å². The number of aryl methyl sites for hydroxylation is 1.